The molecule has 0 bridgehead atoms. The normalized spacial score (nSPS) is 19.2. The Morgan fingerprint density at radius 2 is 1.86 bits per heavy atom. The number of anilines is 2. The number of aliphatic hydroxyl groups excluding tert-OH is 1. The number of unbranched alkanes of at least 4 members (excludes halogenated alkanes) is 3. The van der Waals surface area contributed by atoms with Crippen LogP contribution < -0.4 is 20.5 Å². The smallest absolute Gasteiger partial charge is 0.390 e. The molecular formula is C30H45N4O8PS. The Balaban J connectivity index is 1.06. The van der Waals surface area contributed by atoms with Crippen LogP contribution in [0.5, 0.6) is 0 Å². The molecule has 2 heterocycles. The van der Waals surface area contributed by atoms with Gasteiger partial charge in [-0.1, -0.05) is 12.8 Å². The number of carbonyl (C=O) groups excluding carboxylic acids is 1. The summed E-state index contributed by atoms with van der Waals surface area (Å²) in [5, 5.41) is 14.0. The molecule has 0 spiro atoms. The fraction of sp³-hybridized carbons (Fsp3) is 0.567. The quantitative estimate of drug-likeness (QED) is 0.0636. The molecule has 2 aromatic rings. The molecule has 1 fully saturated rings. The van der Waals surface area contributed by atoms with E-state index in [9.17, 15) is 14.5 Å². The topological polar surface area (TPSA) is 153 Å². The second-order valence-corrected chi connectivity index (χ2v) is 13.7. The zero-order valence-electron chi connectivity index (χ0n) is 25.6. The summed E-state index contributed by atoms with van der Waals surface area (Å²) in [6, 6.07) is 12.7. The Morgan fingerprint density at radius 3 is 2.64 bits per heavy atom. The van der Waals surface area contributed by atoms with Crippen LogP contribution >= 0.6 is 19.2 Å². The number of amides is 1. The van der Waals surface area contributed by atoms with Crippen molar-refractivity contribution in [1.29, 1.82) is 0 Å². The largest absolute Gasteiger partial charge is 0.469 e. The van der Waals surface area contributed by atoms with Crippen LogP contribution in [0, 0.1) is 4.51 Å². The Labute approximate surface area is 262 Å². The standard InChI is InChI=1S/C30H45N4O8PS/c1-33(2)21-10-12-23-27(17-21)44-28-18-22(11-13-24(28)32-23)34(3)15-8-9-29(36)31-14-6-4-5-7-16-40-30-19-25(35)26(42-30)20-41-43(37,38)39/h10-13,17-18,25-26,30,35,44H,4-9,14-16,19-20H2,1-3H3,(H,31,36)(H2,37,38,39). The van der Waals surface area contributed by atoms with E-state index in [2.05, 4.69) is 63.1 Å². The van der Waals surface area contributed by atoms with Gasteiger partial charge in [-0.25, -0.2) is 9.56 Å². The average molecular weight is 653 g/mol. The van der Waals surface area contributed by atoms with Gasteiger partial charge in [-0.3, -0.25) is 9.32 Å². The van der Waals surface area contributed by atoms with E-state index in [0.29, 0.717) is 19.6 Å². The Morgan fingerprint density at radius 1 is 1.09 bits per heavy atom. The van der Waals surface area contributed by atoms with Gasteiger partial charge in [-0.05, 0) is 55.7 Å². The second kappa shape index (κ2) is 16.3. The van der Waals surface area contributed by atoms with Gasteiger partial charge < -0.3 is 39.5 Å². The number of nitrogens with zero attached hydrogens (tertiary/aromatic N) is 3. The predicted molar refractivity (Wildman–Crippen MR) is 171 cm³/mol. The van der Waals surface area contributed by atoms with Crippen LogP contribution in [0.1, 0.15) is 44.9 Å². The second-order valence-electron chi connectivity index (χ2n) is 11.3. The molecule has 2 aromatic carbocycles. The van der Waals surface area contributed by atoms with Crippen LogP contribution in [0.4, 0.5) is 17.1 Å². The summed E-state index contributed by atoms with van der Waals surface area (Å²) in [5.74, 6) is 0.0621. The summed E-state index contributed by atoms with van der Waals surface area (Å²) in [6.07, 6.45) is 2.69. The SMILES string of the molecule is CN(C)c1ccc2c(c1)=[SH]c1cc(N(C)CCCC(=O)NCCCCCCOC3CC(O)C(COP(=O)(O)O)O3)ccc1N=2. The number of phosphoric ester groups is 1. The van der Waals surface area contributed by atoms with Crippen LogP contribution in [0.3, 0.4) is 0 Å². The Hall–Kier alpha value is -2.35. The number of hydrogen-bond acceptors (Lipinski definition) is 9. The number of phosphoric acid groups is 1. The maximum absolute atomic E-state index is 12.3. The summed E-state index contributed by atoms with van der Waals surface area (Å²) in [5.41, 5.74) is 3.29. The molecule has 4 rings (SSSR count). The Kier molecular flexibility index (Phi) is 12.8. The van der Waals surface area contributed by atoms with E-state index < -0.39 is 32.9 Å². The molecule has 1 saturated heterocycles. The third-order valence-corrected chi connectivity index (χ3v) is 9.23. The highest BCUT2D eigenvalue weighted by Gasteiger charge is 2.36. The number of thiol groups is 1. The molecule has 244 valence electrons. The van der Waals surface area contributed by atoms with E-state index >= 15 is 0 Å². The molecule has 3 atom stereocenters. The molecule has 3 unspecified atom stereocenters. The van der Waals surface area contributed by atoms with Gasteiger partial charge in [-0.15, -0.1) is 0 Å². The predicted octanol–water partition coefficient (Wildman–Crippen LogP) is 3.29. The maximum atomic E-state index is 12.3. The van der Waals surface area contributed by atoms with Crippen LogP contribution in [0.25, 0.3) is 0 Å². The fourth-order valence-corrected chi connectivity index (χ4v) is 6.48. The lowest BCUT2D eigenvalue weighted by Crippen LogP contribution is -2.26. The van der Waals surface area contributed by atoms with Crippen molar-refractivity contribution in [3.63, 3.8) is 0 Å². The summed E-state index contributed by atoms with van der Waals surface area (Å²) in [6.45, 7) is 1.47. The number of nitrogens with one attached hydrogen (secondary N) is 1. The molecule has 0 aromatic heterocycles. The van der Waals surface area contributed by atoms with Gasteiger partial charge in [0.1, 0.15) is 6.10 Å². The maximum Gasteiger partial charge on any atom is 0.469 e. The lowest BCUT2D eigenvalue weighted by Gasteiger charge is -2.21. The molecule has 14 heteroatoms. The highest BCUT2D eigenvalue weighted by molar-refractivity contribution is 7.91. The number of ether oxygens (including phenoxy) is 2. The number of rotatable bonds is 17. The van der Waals surface area contributed by atoms with E-state index in [4.69, 9.17) is 24.3 Å². The number of aliphatic hydroxyl groups is 1. The summed E-state index contributed by atoms with van der Waals surface area (Å²) < 4.78 is 27.5. The number of carbonyl (C=O) groups is 1. The van der Waals surface area contributed by atoms with Crippen molar-refractivity contribution < 1.29 is 38.3 Å². The van der Waals surface area contributed by atoms with Crippen molar-refractivity contribution >= 4 is 42.1 Å². The molecule has 2 aliphatic heterocycles. The van der Waals surface area contributed by atoms with Gasteiger partial charge >= 0.3 is 7.82 Å². The molecule has 1 amide bonds. The third kappa shape index (κ3) is 10.6. The van der Waals surface area contributed by atoms with Gasteiger partial charge in [0.2, 0.25) is 5.91 Å². The minimum absolute atomic E-state index is 0.0621. The average Bonchev–Trinajstić information content (AvgIpc) is 3.34. The molecular weight excluding hydrogens is 607 g/mol. The van der Waals surface area contributed by atoms with Gasteiger partial charge in [-0.2, -0.15) is 11.4 Å². The summed E-state index contributed by atoms with van der Waals surface area (Å²) in [7, 11) is 1.52. The van der Waals surface area contributed by atoms with Crippen molar-refractivity contribution in [2.24, 2.45) is 4.99 Å². The first kappa shape index (κ1) is 34.5. The van der Waals surface area contributed by atoms with Crippen LogP contribution in [-0.2, 0) is 23.4 Å². The van der Waals surface area contributed by atoms with Crippen molar-refractivity contribution in [3.8, 4) is 0 Å². The van der Waals surface area contributed by atoms with E-state index in [1.54, 1.807) is 0 Å². The van der Waals surface area contributed by atoms with Crippen LogP contribution in [-0.4, -0.2) is 86.7 Å². The Bertz CT molecular complexity index is 1440. The molecule has 2 aliphatic rings. The molecule has 4 N–H and O–H groups in total. The molecule has 12 nitrogen and oxygen atoms in total. The van der Waals surface area contributed by atoms with Crippen molar-refractivity contribution in [2.75, 3.05) is 57.2 Å². The van der Waals surface area contributed by atoms with Gasteiger partial charge in [0.15, 0.2) is 6.29 Å². The monoisotopic (exact) mass is 652 g/mol. The molecule has 44 heavy (non-hydrogen) atoms. The zero-order chi connectivity index (χ0) is 31.7. The highest BCUT2D eigenvalue weighted by atomic mass is 32.1. The minimum atomic E-state index is -4.61. The first-order valence-corrected chi connectivity index (χ1v) is 17.4. The van der Waals surface area contributed by atoms with E-state index in [-0.39, 0.29) is 12.3 Å². The van der Waals surface area contributed by atoms with Gasteiger partial charge in [0.05, 0.1) is 23.8 Å². The van der Waals surface area contributed by atoms with Gasteiger partial charge in [0.25, 0.3) is 0 Å². The first-order valence-electron chi connectivity index (χ1n) is 15.0. The van der Waals surface area contributed by atoms with E-state index in [1.807, 2.05) is 14.1 Å². The van der Waals surface area contributed by atoms with Crippen molar-refractivity contribution in [2.45, 2.75) is 68.3 Å². The van der Waals surface area contributed by atoms with Crippen molar-refractivity contribution in [1.82, 2.24) is 5.32 Å². The highest BCUT2D eigenvalue weighted by Crippen LogP contribution is 2.37. The molecule has 0 aliphatic carbocycles. The van der Waals surface area contributed by atoms with Gasteiger partial charge in [0, 0.05) is 74.5 Å². The van der Waals surface area contributed by atoms with Crippen LogP contribution in [0.2, 0.25) is 0 Å². The fourth-order valence-electron chi connectivity index (χ4n) is 5.00. The lowest BCUT2D eigenvalue weighted by molar-refractivity contribution is -0.143. The third-order valence-electron chi connectivity index (χ3n) is 7.55. The number of benzene rings is 2. The summed E-state index contributed by atoms with van der Waals surface area (Å²) in [4.78, 5) is 40.2. The molecule has 0 saturated carbocycles. The van der Waals surface area contributed by atoms with Crippen LogP contribution in [0.15, 0.2) is 46.3 Å². The first-order chi connectivity index (χ1) is 21.0. The number of hydrogen-bond donors (Lipinski definition) is 5. The number of fused-ring (bicyclic) bond motifs is 2. The minimum Gasteiger partial charge on any atom is -0.390 e. The summed E-state index contributed by atoms with van der Waals surface area (Å²) >= 11 is 1.15. The lowest BCUT2D eigenvalue weighted by atomic mass is 10.2. The zero-order valence-corrected chi connectivity index (χ0v) is 27.4. The van der Waals surface area contributed by atoms with E-state index in [0.717, 1.165) is 72.4 Å². The molecule has 0 radical (unpaired) electrons. The van der Waals surface area contributed by atoms with Crippen molar-refractivity contribution in [3.05, 3.63) is 46.3 Å². The van der Waals surface area contributed by atoms with E-state index in [1.165, 1.54) is 9.41 Å².